The van der Waals surface area contributed by atoms with Gasteiger partial charge in [0, 0.05) is 41.2 Å². The second-order valence-electron chi connectivity index (χ2n) is 8.09. The maximum absolute atomic E-state index is 12.8. The Kier molecular flexibility index (Phi) is 7.96. The van der Waals surface area contributed by atoms with Crippen LogP contribution in [0.15, 0.2) is 54.7 Å². The second-order valence-corrected chi connectivity index (χ2v) is 8.09. The third-order valence-corrected chi connectivity index (χ3v) is 4.97. The third kappa shape index (κ3) is 6.41. The molecule has 2 aromatic carbocycles. The van der Waals surface area contributed by atoms with Gasteiger partial charge in [0.05, 0.1) is 11.5 Å². The van der Waals surface area contributed by atoms with Crippen molar-refractivity contribution in [2.45, 2.75) is 26.3 Å². The molecule has 3 rings (SSSR count). The van der Waals surface area contributed by atoms with Gasteiger partial charge in [0.1, 0.15) is 6.04 Å². The number of nitro benzene ring substituents is 1. The quantitative estimate of drug-likeness (QED) is 0.200. The monoisotopic (exact) mass is 467 g/mol. The number of Topliss-reactive ketones (excluding diaryl/α,β-unsaturated/α-hetero) is 1. The smallest absolute Gasteiger partial charge is 0.407 e. The molecule has 1 amide bonds. The molecule has 0 fully saturated rings. The molecule has 1 heterocycles. The van der Waals surface area contributed by atoms with Gasteiger partial charge in [0.2, 0.25) is 0 Å². The molecule has 3 aromatic rings. The molecule has 0 saturated heterocycles. The van der Waals surface area contributed by atoms with E-state index in [1.54, 1.807) is 6.20 Å². The maximum atomic E-state index is 12.8. The summed E-state index contributed by atoms with van der Waals surface area (Å²) in [6.07, 6.45) is 1.09. The normalized spacial score (nSPS) is 11.7. The van der Waals surface area contributed by atoms with Crippen molar-refractivity contribution < 1.29 is 28.8 Å². The molecule has 0 aliphatic rings. The molecule has 10 nitrogen and oxygen atoms in total. The molecule has 0 spiro atoms. The van der Waals surface area contributed by atoms with E-state index in [0.717, 1.165) is 16.5 Å². The number of nitrogens with one attached hydrogen (secondary N) is 2. The summed E-state index contributed by atoms with van der Waals surface area (Å²) in [6.45, 7) is 3.37. The van der Waals surface area contributed by atoms with Gasteiger partial charge in [0.15, 0.2) is 12.4 Å². The fourth-order valence-corrected chi connectivity index (χ4v) is 3.23. The number of aromatic nitrogens is 1. The number of nitro groups is 1. The van der Waals surface area contributed by atoms with E-state index in [2.05, 4.69) is 10.3 Å². The van der Waals surface area contributed by atoms with Crippen molar-refractivity contribution >= 4 is 34.4 Å². The van der Waals surface area contributed by atoms with Gasteiger partial charge in [-0.05, 0) is 29.7 Å². The first kappa shape index (κ1) is 24.4. The number of carbonyl (C=O) groups excluding carboxylic acids is 3. The van der Waals surface area contributed by atoms with Gasteiger partial charge < -0.3 is 19.8 Å². The zero-order chi connectivity index (χ0) is 24.7. The van der Waals surface area contributed by atoms with Gasteiger partial charge in [-0.2, -0.15) is 0 Å². The fourth-order valence-electron chi connectivity index (χ4n) is 3.23. The van der Waals surface area contributed by atoms with Gasteiger partial charge in [-0.1, -0.05) is 32.0 Å². The number of alkyl carbamates (subject to hydrolysis) is 1. The van der Waals surface area contributed by atoms with E-state index in [9.17, 15) is 24.5 Å². The summed E-state index contributed by atoms with van der Waals surface area (Å²) in [6, 6.07) is 11.4. The average Bonchev–Trinajstić information content (AvgIpc) is 3.23. The zero-order valence-corrected chi connectivity index (χ0v) is 18.8. The lowest BCUT2D eigenvalue weighted by Crippen LogP contribution is -2.44. The van der Waals surface area contributed by atoms with Crippen molar-refractivity contribution in [1.29, 1.82) is 0 Å². The molecule has 0 radical (unpaired) electrons. The number of esters is 1. The Labute approximate surface area is 195 Å². The van der Waals surface area contributed by atoms with Crippen molar-refractivity contribution in [3.05, 3.63) is 76.0 Å². The third-order valence-electron chi connectivity index (χ3n) is 4.97. The first-order chi connectivity index (χ1) is 16.2. The number of ether oxygens (including phenoxy) is 2. The van der Waals surface area contributed by atoms with Crippen LogP contribution in [-0.2, 0) is 20.7 Å². The number of fused-ring (bicyclic) bond motifs is 1. The summed E-state index contributed by atoms with van der Waals surface area (Å²) in [5.74, 6) is -1.22. The van der Waals surface area contributed by atoms with Gasteiger partial charge >= 0.3 is 12.1 Å². The molecule has 1 atom stereocenters. The Morgan fingerprint density at radius 1 is 1.06 bits per heavy atom. The number of non-ortho nitro benzene ring substituents is 1. The zero-order valence-electron chi connectivity index (χ0n) is 18.8. The largest absolute Gasteiger partial charge is 0.456 e. The lowest BCUT2D eigenvalue weighted by atomic mass is 10.1. The van der Waals surface area contributed by atoms with Crippen molar-refractivity contribution in [1.82, 2.24) is 10.3 Å². The highest BCUT2D eigenvalue weighted by atomic mass is 16.6. The minimum absolute atomic E-state index is 0.115. The highest BCUT2D eigenvalue weighted by Crippen LogP contribution is 2.20. The molecule has 10 heteroatoms. The molecule has 178 valence electrons. The number of nitrogens with zero attached hydrogens (tertiary/aromatic N) is 1. The van der Waals surface area contributed by atoms with E-state index in [1.807, 2.05) is 38.1 Å². The Morgan fingerprint density at radius 2 is 1.76 bits per heavy atom. The highest BCUT2D eigenvalue weighted by molar-refractivity contribution is 5.98. The van der Waals surface area contributed by atoms with Crippen molar-refractivity contribution in [3.63, 3.8) is 0 Å². The van der Waals surface area contributed by atoms with Crippen molar-refractivity contribution in [2.75, 3.05) is 13.2 Å². The summed E-state index contributed by atoms with van der Waals surface area (Å²) in [4.78, 5) is 50.7. The van der Waals surface area contributed by atoms with Crippen LogP contribution in [0.2, 0.25) is 0 Å². The molecule has 0 aliphatic carbocycles. The number of hydrogen-bond acceptors (Lipinski definition) is 7. The minimum atomic E-state index is -1.09. The molecular weight excluding hydrogens is 442 g/mol. The van der Waals surface area contributed by atoms with Gasteiger partial charge in [-0.25, -0.2) is 9.59 Å². The van der Waals surface area contributed by atoms with Crippen LogP contribution in [0.4, 0.5) is 10.5 Å². The molecule has 0 aliphatic heterocycles. The van der Waals surface area contributed by atoms with Crippen LogP contribution in [0.3, 0.4) is 0 Å². The van der Waals surface area contributed by atoms with Crippen LogP contribution in [0.1, 0.15) is 29.8 Å². The SMILES string of the molecule is CC(C)COC(=O)N[C@@H](Cc1c[nH]c2ccccc12)C(=O)OCC(=O)c1ccc([N+](=O)[O-])cc1. The van der Waals surface area contributed by atoms with Crippen molar-refractivity contribution in [2.24, 2.45) is 5.92 Å². The Bertz CT molecular complexity index is 1180. The average molecular weight is 467 g/mol. The number of ketones is 1. The topological polar surface area (TPSA) is 141 Å². The van der Waals surface area contributed by atoms with E-state index in [4.69, 9.17) is 9.47 Å². The number of rotatable bonds is 10. The predicted molar refractivity (Wildman–Crippen MR) is 123 cm³/mol. The molecule has 34 heavy (non-hydrogen) atoms. The number of amides is 1. The summed E-state index contributed by atoms with van der Waals surface area (Å²) in [7, 11) is 0. The number of benzene rings is 2. The number of aromatic amines is 1. The van der Waals surface area contributed by atoms with Crippen LogP contribution >= 0.6 is 0 Å². The van der Waals surface area contributed by atoms with E-state index in [-0.39, 0.29) is 30.2 Å². The van der Waals surface area contributed by atoms with Gasteiger partial charge in [-0.15, -0.1) is 0 Å². The summed E-state index contributed by atoms with van der Waals surface area (Å²) in [5.41, 5.74) is 1.66. The molecule has 2 N–H and O–H groups in total. The summed E-state index contributed by atoms with van der Waals surface area (Å²) >= 11 is 0. The Balaban J connectivity index is 1.69. The Morgan fingerprint density at radius 3 is 2.44 bits per heavy atom. The molecule has 0 bridgehead atoms. The van der Waals surface area contributed by atoms with E-state index >= 15 is 0 Å². The lowest BCUT2D eigenvalue weighted by Gasteiger charge is -2.18. The molecular formula is C24H25N3O7. The number of H-pyrrole nitrogens is 1. The van der Waals surface area contributed by atoms with Crippen LogP contribution in [0.5, 0.6) is 0 Å². The van der Waals surface area contributed by atoms with E-state index in [1.165, 1.54) is 24.3 Å². The second kappa shape index (κ2) is 11.1. The van der Waals surface area contributed by atoms with Gasteiger partial charge in [0.25, 0.3) is 5.69 Å². The fraction of sp³-hybridized carbons (Fsp3) is 0.292. The predicted octanol–water partition coefficient (Wildman–Crippen LogP) is 3.80. The first-order valence-corrected chi connectivity index (χ1v) is 10.7. The molecule has 0 unspecified atom stereocenters. The van der Waals surface area contributed by atoms with E-state index < -0.39 is 35.4 Å². The van der Waals surface area contributed by atoms with Crippen LogP contribution in [0, 0.1) is 16.0 Å². The summed E-state index contributed by atoms with van der Waals surface area (Å²) in [5, 5.41) is 14.2. The summed E-state index contributed by atoms with van der Waals surface area (Å²) < 4.78 is 10.3. The maximum Gasteiger partial charge on any atom is 0.407 e. The minimum Gasteiger partial charge on any atom is -0.456 e. The lowest BCUT2D eigenvalue weighted by molar-refractivity contribution is -0.384. The Hall–Kier alpha value is -4.21. The molecule has 0 saturated carbocycles. The van der Waals surface area contributed by atoms with Crippen LogP contribution in [-0.4, -0.2) is 47.0 Å². The highest BCUT2D eigenvalue weighted by Gasteiger charge is 2.26. The molecule has 1 aromatic heterocycles. The van der Waals surface area contributed by atoms with Crippen LogP contribution < -0.4 is 5.32 Å². The number of hydrogen-bond donors (Lipinski definition) is 2. The van der Waals surface area contributed by atoms with Crippen LogP contribution in [0.25, 0.3) is 10.9 Å². The van der Waals surface area contributed by atoms with Gasteiger partial charge in [-0.3, -0.25) is 14.9 Å². The number of para-hydroxylation sites is 1. The van der Waals surface area contributed by atoms with Crippen molar-refractivity contribution in [3.8, 4) is 0 Å². The van der Waals surface area contributed by atoms with E-state index in [0.29, 0.717) is 0 Å². The number of carbonyl (C=O) groups is 3. The first-order valence-electron chi connectivity index (χ1n) is 10.7. The standard InChI is InChI=1S/C24H25N3O7/c1-15(2)13-34-24(30)26-21(11-17-12-25-20-6-4-3-5-19(17)20)23(29)33-14-22(28)16-7-9-18(10-8-16)27(31)32/h3-10,12,15,21,25H,11,13-14H2,1-2H3,(H,26,30)/t21-/m0/s1.